The lowest BCUT2D eigenvalue weighted by Crippen LogP contribution is -2.19. The fourth-order valence-electron chi connectivity index (χ4n) is 2.32. The zero-order chi connectivity index (χ0) is 11.5. The van der Waals surface area contributed by atoms with E-state index in [4.69, 9.17) is 23.2 Å². The molecule has 0 aliphatic carbocycles. The monoisotopic (exact) mass is 259 g/mol. The number of aliphatic hydroxyl groups excluding tert-OH is 1. The summed E-state index contributed by atoms with van der Waals surface area (Å²) in [7, 11) is 0. The lowest BCUT2D eigenvalue weighted by atomic mass is 9.86. The summed E-state index contributed by atoms with van der Waals surface area (Å²) in [5.74, 6) is 0.573. The molecule has 1 aliphatic rings. The zero-order valence-corrected chi connectivity index (χ0v) is 10.4. The van der Waals surface area contributed by atoms with Gasteiger partial charge in [0.2, 0.25) is 0 Å². The summed E-state index contributed by atoms with van der Waals surface area (Å²) in [6.07, 6.45) is 1.09. The molecule has 0 radical (unpaired) electrons. The molecule has 1 aromatic carbocycles. The second-order valence-corrected chi connectivity index (χ2v) is 5.05. The summed E-state index contributed by atoms with van der Waals surface area (Å²) in [4.78, 5) is 0. The third-order valence-electron chi connectivity index (χ3n) is 3.23. The highest BCUT2D eigenvalue weighted by Crippen LogP contribution is 2.34. The summed E-state index contributed by atoms with van der Waals surface area (Å²) in [5, 5.41) is 14.1. The minimum atomic E-state index is 0.111. The minimum Gasteiger partial charge on any atom is -0.396 e. The number of rotatable bonds is 3. The Labute approximate surface area is 106 Å². The van der Waals surface area contributed by atoms with Crippen molar-refractivity contribution in [2.45, 2.75) is 12.3 Å². The van der Waals surface area contributed by atoms with Gasteiger partial charge in [0.25, 0.3) is 0 Å². The number of benzene rings is 1. The minimum absolute atomic E-state index is 0.111. The van der Waals surface area contributed by atoms with E-state index in [0.29, 0.717) is 16.0 Å². The van der Waals surface area contributed by atoms with Crippen LogP contribution in [0.5, 0.6) is 0 Å². The van der Waals surface area contributed by atoms with Gasteiger partial charge in [-0.2, -0.15) is 0 Å². The molecule has 0 saturated carbocycles. The van der Waals surface area contributed by atoms with E-state index in [2.05, 4.69) is 5.32 Å². The number of nitrogens with one attached hydrogen (secondary N) is 1. The Morgan fingerprint density at radius 1 is 1.44 bits per heavy atom. The average molecular weight is 260 g/mol. The van der Waals surface area contributed by atoms with E-state index in [1.807, 2.05) is 12.1 Å². The van der Waals surface area contributed by atoms with Crippen molar-refractivity contribution in [3.8, 4) is 0 Å². The number of aliphatic hydroxyl groups is 1. The van der Waals surface area contributed by atoms with Crippen LogP contribution in [0.1, 0.15) is 17.9 Å². The third-order valence-corrected chi connectivity index (χ3v) is 3.79. The van der Waals surface area contributed by atoms with Gasteiger partial charge in [-0.3, -0.25) is 0 Å². The van der Waals surface area contributed by atoms with Gasteiger partial charge in [-0.05, 0) is 43.1 Å². The molecular weight excluding hydrogens is 245 g/mol. The summed E-state index contributed by atoms with van der Waals surface area (Å²) in [6.45, 7) is 2.10. The largest absolute Gasteiger partial charge is 0.396 e. The lowest BCUT2D eigenvalue weighted by Gasteiger charge is -2.22. The predicted octanol–water partition coefficient (Wildman–Crippen LogP) is 2.68. The van der Waals surface area contributed by atoms with E-state index >= 15 is 0 Å². The molecule has 0 bridgehead atoms. The Balaban J connectivity index is 2.25. The summed E-state index contributed by atoms with van der Waals surface area (Å²) in [6, 6.07) is 5.49. The van der Waals surface area contributed by atoms with Crippen molar-refractivity contribution in [1.29, 1.82) is 0 Å². The first-order valence-electron chi connectivity index (χ1n) is 5.49. The molecule has 1 heterocycles. The van der Waals surface area contributed by atoms with E-state index in [0.717, 1.165) is 25.1 Å². The molecule has 0 spiro atoms. The second-order valence-electron chi connectivity index (χ2n) is 4.21. The van der Waals surface area contributed by atoms with Crippen LogP contribution in [0.15, 0.2) is 18.2 Å². The van der Waals surface area contributed by atoms with Gasteiger partial charge >= 0.3 is 0 Å². The Morgan fingerprint density at radius 2 is 2.25 bits per heavy atom. The smallest absolute Gasteiger partial charge is 0.0503 e. The second kappa shape index (κ2) is 5.37. The molecule has 0 amide bonds. The van der Waals surface area contributed by atoms with Gasteiger partial charge in [0.1, 0.15) is 0 Å². The van der Waals surface area contributed by atoms with Gasteiger partial charge in [-0.25, -0.2) is 0 Å². The maximum Gasteiger partial charge on any atom is 0.0503 e. The van der Waals surface area contributed by atoms with E-state index in [9.17, 15) is 5.11 Å². The highest BCUT2D eigenvalue weighted by atomic mass is 35.5. The fourth-order valence-corrected chi connectivity index (χ4v) is 2.87. The van der Waals surface area contributed by atoms with Crippen LogP contribution < -0.4 is 5.32 Å². The van der Waals surface area contributed by atoms with Crippen LogP contribution in [0.4, 0.5) is 0 Å². The van der Waals surface area contributed by atoms with E-state index < -0.39 is 0 Å². The summed E-state index contributed by atoms with van der Waals surface area (Å²) >= 11 is 12.0. The van der Waals surface area contributed by atoms with Gasteiger partial charge in [0.15, 0.2) is 0 Å². The van der Waals surface area contributed by atoms with E-state index in [1.54, 1.807) is 6.07 Å². The molecule has 2 atom stereocenters. The third kappa shape index (κ3) is 2.51. The molecule has 1 fully saturated rings. The molecule has 2 rings (SSSR count). The molecule has 16 heavy (non-hydrogen) atoms. The molecule has 0 aromatic heterocycles. The maximum absolute atomic E-state index is 9.51. The van der Waals surface area contributed by atoms with Gasteiger partial charge in [0, 0.05) is 16.0 Å². The first-order valence-corrected chi connectivity index (χ1v) is 6.24. The van der Waals surface area contributed by atoms with Crippen LogP contribution in [-0.4, -0.2) is 24.8 Å². The van der Waals surface area contributed by atoms with Gasteiger partial charge in [0.05, 0.1) is 6.61 Å². The lowest BCUT2D eigenvalue weighted by molar-refractivity contribution is 0.231. The molecule has 1 aromatic rings. The van der Waals surface area contributed by atoms with Crippen LogP contribution in [0, 0.1) is 5.92 Å². The average Bonchev–Trinajstić information content (AvgIpc) is 2.75. The van der Waals surface area contributed by atoms with Crippen molar-refractivity contribution in [1.82, 2.24) is 5.32 Å². The molecule has 4 heteroatoms. The molecule has 2 N–H and O–H groups in total. The van der Waals surface area contributed by atoms with Crippen molar-refractivity contribution in [3.05, 3.63) is 33.8 Å². The normalized spacial score (nSPS) is 22.3. The van der Waals surface area contributed by atoms with Crippen molar-refractivity contribution in [2.24, 2.45) is 5.92 Å². The number of hydrogen-bond acceptors (Lipinski definition) is 2. The molecule has 2 nitrogen and oxygen atoms in total. The zero-order valence-electron chi connectivity index (χ0n) is 8.92. The Bertz CT molecular complexity index is 364. The maximum atomic E-state index is 9.51. The number of halogens is 2. The first-order chi connectivity index (χ1) is 7.72. The van der Waals surface area contributed by atoms with Crippen LogP contribution in [0.2, 0.25) is 10.0 Å². The van der Waals surface area contributed by atoms with Crippen LogP contribution in [0.25, 0.3) is 0 Å². The van der Waals surface area contributed by atoms with Crippen molar-refractivity contribution < 1.29 is 5.11 Å². The Hall–Kier alpha value is -0.280. The first kappa shape index (κ1) is 12.2. The Kier molecular flexibility index (Phi) is 4.09. The van der Waals surface area contributed by atoms with Crippen molar-refractivity contribution in [2.75, 3.05) is 19.7 Å². The van der Waals surface area contributed by atoms with Gasteiger partial charge < -0.3 is 10.4 Å². The molecule has 2 unspecified atom stereocenters. The number of hydrogen-bond donors (Lipinski definition) is 2. The van der Waals surface area contributed by atoms with Crippen LogP contribution in [0.3, 0.4) is 0 Å². The van der Waals surface area contributed by atoms with Crippen molar-refractivity contribution >= 4 is 23.2 Å². The van der Waals surface area contributed by atoms with Crippen LogP contribution >= 0.6 is 23.2 Å². The molecule has 88 valence electrons. The SMILES string of the molecule is OCC(c1ccc(Cl)cc1Cl)C1CCNC1. The van der Waals surface area contributed by atoms with Crippen LogP contribution in [-0.2, 0) is 0 Å². The predicted molar refractivity (Wildman–Crippen MR) is 67.3 cm³/mol. The Morgan fingerprint density at radius 3 is 2.81 bits per heavy atom. The van der Waals surface area contributed by atoms with Crippen molar-refractivity contribution in [3.63, 3.8) is 0 Å². The quantitative estimate of drug-likeness (QED) is 0.875. The van der Waals surface area contributed by atoms with Gasteiger partial charge in [-0.15, -0.1) is 0 Å². The highest BCUT2D eigenvalue weighted by molar-refractivity contribution is 6.35. The molecular formula is C12H15Cl2NO. The standard InChI is InChI=1S/C12H15Cl2NO/c13-9-1-2-10(12(14)5-9)11(7-16)8-3-4-15-6-8/h1-2,5,8,11,15-16H,3-4,6-7H2. The van der Waals surface area contributed by atoms with Gasteiger partial charge in [-0.1, -0.05) is 29.3 Å². The molecule has 1 aliphatic heterocycles. The van der Waals surface area contributed by atoms with E-state index in [1.165, 1.54) is 0 Å². The molecule has 1 saturated heterocycles. The fraction of sp³-hybridized carbons (Fsp3) is 0.500. The summed E-state index contributed by atoms with van der Waals surface area (Å²) < 4.78 is 0. The van der Waals surface area contributed by atoms with E-state index in [-0.39, 0.29) is 12.5 Å². The summed E-state index contributed by atoms with van der Waals surface area (Å²) in [5.41, 5.74) is 1.00. The highest BCUT2D eigenvalue weighted by Gasteiger charge is 2.27. The topological polar surface area (TPSA) is 32.3 Å².